The Morgan fingerprint density at radius 2 is 2.12 bits per heavy atom. The number of rotatable bonds is 5. The molecule has 2 N–H and O–H groups in total. The van der Waals surface area contributed by atoms with Crippen LogP contribution in [0.15, 0.2) is 41.0 Å². The second-order valence-corrected chi connectivity index (χ2v) is 3.75. The first-order chi connectivity index (χ1) is 8.27. The lowest BCUT2D eigenvalue weighted by Gasteiger charge is -2.06. The summed E-state index contributed by atoms with van der Waals surface area (Å²) in [6.07, 6.45) is 2.40. The van der Waals surface area contributed by atoms with E-state index in [4.69, 9.17) is 4.42 Å². The van der Waals surface area contributed by atoms with Crippen LogP contribution in [0.4, 0.5) is 4.39 Å². The van der Waals surface area contributed by atoms with Crippen LogP contribution in [0, 0.1) is 5.82 Å². The molecule has 1 aromatic heterocycles. The van der Waals surface area contributed by atoms with E-state index >= 15 is 0 Å². The quantitative estimate of drug-likeness (QED) is 0.782. The maximum atomic E-state index is 13.0. The molecule has 1 aromatic carbocycles. The second-order valence-electron chi connectivity index (χ2n) is 3.75. The average Bonchev–Trinajstić information content (AvgIpc) is 2.83. The topological polar surface area (TPSA) is 45.4 Å². The molecule has 0 aliphatic rings. The van der Waals surface area contributed by atoms with E-state index in [0.717, 1.165) is 12.2 Å². The van der Waals surface area contributed by atoms with Crippen molar-refractivity contribution in [1.29, 1.82) is 0 Å². The molecule has 0 fully saturated rings. The number of hydrogen-bond acceptors (Lipinski definition) is 3. The first-order valence-corrected chi connectivity index (χ1v) is 5.47. The minimum Gasteiger partial charge on any atom is -0.505 e. The monoisotopic (exact) mass is 235 g/mol. The highest BCUT2D eigenvalue weighted by Crippen LogP contribution is 2.20. The summed E-state index contributed by atoms with van der Waals surface area (Å²) in [5.74, 6) is 0.0364. The molecule has 3 nitrogen and oxygen atoms in total. The van der Waals surface area contributed by atoms with E-state index in [-0.39, 0.29) is 5.75 Å². The van der Waals surface area contributed by atoms with Crippen molar-refractivity contribution in [3.8, 4) is 5.75 Å². The molecule has 0 aliphatic carbocycles. The summed E-state index contributed by atoms with van der Waals surface area (Å²) in [5, 5.41) is 12.6. The van der Waals surface area contributed by atoms with Crippen LogP contribution in [-0.4, -0.2) is 11.7 Å². The zero-order valence-electron chi connectivity index (χ0n) is 9.32. The minimum atomic E-state index is -0.588. The van der Waals surface area contributed by atoms with Crippen LogP contribution in [0.5, 0.6) is 5.75 Å². The molecule has 0 unspecified atom stereocenters. The summed E-state index contributed by atoms with van der Waals surface area (Å²) in [6.45, 7) is 1.15. The maximum Gasteiger partial charge on any atom is 0.165 e. The van der Waals surface area contributed by atoms with Crippen LogP contribution < -0.4 is 5.32 Å². The van der Waals surface area contributed by atoms with E-state index in [2.05, 4.69) is 5.32 Å². The SMILES string of the molecule is Oc1c(F)cccc1CNCCc1ccco1. The Balaban J connectivity index is 1.80. The Hall–Kier alpha value is -1.81. The molecule has 4 heteroatoms. The highest BCUT2D eigenvalue weighted by molar-refractivity contribution is 5.33. The summed E-state index contributed by atoms with van der Waals surface area (Å²) < 4.78 is 18.2. The number of phenols is 1. The van der Waals surface area contributed by atoms with Crippen LogP contribution >= 0.6 is 0 Å². The summed E-state index contributed by atoms with van der Waals surface area (Å²) in [5.41, 5.74) is 0.560. The first-order valence-electron chi connectivity index (χ1n) is 5.47. The van der Waals surface area contributed by atoms with Crippen molar-refractivity contribution >= 4 is 0 Å². The van der Waals surface area contributed by atoms with E-state index in [1.807, 2.05) is 12.1 Å². The molecule has 0 saturated carbocycles. The fraction of sp³-hybridized carbons (Fsp3) is 0.231. The second kappa shape index (κ2) is 5.50. The molecule has 1 heterocycles. The fourth-order valence-corrected chi connectivity index (χ4v) is 1.59. The van der Waals surface area contributed by atoms with Gasteiger partial charge in [-0.3, -0.25) is 0 Å². The predicted molar refractivity (Wildman–Crippen MR) is 62.2 cm³/mol. The van der Waals surface area contributed by atoms with Gasteiger partial charge in [-0.15, -0.1) is 0 Å². The Morgan fingerprint density at radius 3 is 2.88 bits per heavy atom. The molecule has 2 aromatic rings. The van der Waals surface area contributed by atoms with E-state index in [9.17, 15) is 9.50 Å². The molecule has 0 saturated heterocycles. The van der Waals surface area contributed by atoms with Crippen LogP contribution in [0.25, 0.3) is 0 Å². The number of phenolic OH excluding ortho intramolecular Hbond substituents is 1. The zero-order chi connectivity index (χ0) is 12.1. The number of aromatic hydroxyl groups is 1. The lowest BCUT2D eigenvalue weighted by atomic mass is 10.2. The number of benzene rings is 1. The van der Waals surface area contributed by atoms with E-state index in [0.29, 0.717) is 18.7 Å². The normalized spacial score (nSPS) is 10.6. The van der Waals surface area contributed by atoms with E-state index < -0.39 is 5.82 Å². The highest BCUT2D eigenvalue weighted by Gasteiger charge is 2.05. The van der Waals surface area contributed by atoms with Crippen LogP contribution in [0.2, 0.25) is 0 Å². The van der Waals surface area contributed by atoms with E-state index in [1.165, 1.54) is 6.07 Å². The fourth-order valence-electron chi connectivity index (χ4n) is 1.59. The maximum absolute atomic E-state index is 13.0. The van der Waals surface area contributed by atoms with Gasteiger partial charge in [0.2, 0.25) is 0 Å². The Morgan fingerprint density at radius 1 is 1.24 bits per heavy atom. The molecule has 0 spiro atoms. The van der Waals surface area contributed by atoms with Crippen LogP contribution in [0.1, 0.15) is 11.3 Å². The number of halogens is 1. The highest BCUT2D eigenvalue weighted by atomic mass is 19.1. The van der Waals surface area contributed by atoms with Gasteiger partial charge < -0.3 is 14.8 Å². The molecular formula is C13H14FNO2. The molecule has 0 bridgehead atoms. The van der Waals surface area contributed by atoms with Crippen molar-refractivity contribution in [3.63, 3.8) is 0 Å². The van der Waals surface area contributed by atoms with Gasteiger partial charge in [0, 0.05) is 25.1 Å². The predicted octanol–water partition coefficient (Wildman–Crippen LogP) is 2.46. The number of para-hydroxylation sites is 1. The van der Waals surface area contributed by atoms with Crippen LogP contribution in [-0.2, 0) is 13.0 Å². The molecular weight excluding hydrogens is 221 g/mol. The largest absolute Gasteiger partial charge is 0.505 e. The molecule has 17 heavy (non-hydrogen) atoms. The van der Waals surface area contributed by atoms with Gasteiger partial charge in [-0.25, -0.2) is 4.39 Å². The Bertz CT molecular complexity index is 468. The summed E-state index contributed by atoms with van der Waals surface area (Å²) >= 11 is 0. The lowest BCUT2D eigenvalue weighted by Crippen LogP contribution is -2.16. The van der Waals surface area contributed by atoms with Gasteiger partial charge in [-0.2, -0.15) is 0 Å². The summed E-state index contributed by atoms with van der Waals surface area (Å²) in [4.78, 5) is 0. The van der Waals surface area contributed by atoms with Crippen molar-refractivity contribution in [2.75, 3.05) is 6.54 Å². The Kier molecular flexibility index (Phi) is 3.77. The number of nitrogens with one attached hydrogen (secondary N) is 1. The molecule has 0 atom stereocenters. The molecule has 0 amide bonds. The minimum absolute atomic E-state index is 0.280. The average molecular weight is 235 g/mol. The zero-order valence-corrected chi connectivity index (χ0v) is 9.32. The third kappa shape index (κ3) is 3.07. The van der Waals surface area contributed by atoms with Crippen molar-refractivity contribution < 1.29 is 13.9 Å². The van der Waals surface area contributed by atoms with Gasteiger partial charge in [0.25, 0.3) is 0 Å². The van der Waals surface area contributed by atoms with Gasteiger partial charge in [0.1, 0.15) is 5.76 Å². The number of furan rings is 1. The van der Waals surface area contributed by atoms with Crippen molar-refractivity contribution in [2.24, 2.45) is 0 Å². The molecule has 0 aliphatic heterocycles. The van der Waals surface area contributed by atoms with Crippen LogP contribution in [0.3, 0.4) is 0 Å². The van der Waals surface area contributed by atoms with E-state index in [1.54, 1.807) is 18.4 Å². The van der Waals surface area contributed by atoms with Crippen molar-refractivity contribution in [3.05, 3.63) is 53.7 Å². The lowest BCUT2D eigenvalue weighted by molar-refractivity contribution is 0.422. The van der Waals surface area contributed by atoms with Crippen molar-refractivity contribution in [2.45, 2.75) is 13.0 Å². The van der Waals surface area contributed by atoms with Gasteiger partial charge in [0.05, 0.1) is 6.26 Å². The summed E-state index contributed by atoms with van der Waals surface area (Å²) in [6, 6.07) is 8.26. The van der Waals surface area contributed by atoms with Gasteiger partial charge in [-0.1, -0.05) is 12.1 Å². The molecule has 0 radical (unpaired) electrons. The molecule has 2 rings (SSSR count). The summed E-state index contributed by atoms with van der Waals surface area (Å²) in [7, 11) is 0. The standard InChI is InChI=1S/C13H14FNO2/c14-12-5-1-3-10(13(12)16)9-15-7-6-11-4-2-8-17-11/h1-5,8,15-16H,6-7,9H2. The Labute approximate surface area is 98.9 Å². The third-order valence-electron chi connectivity index (χ3n) is 2.51. The molecule has 90 valence electrons. The first kappa shape index (κ1) is 11.7. The smallest absolute Gasteiger partial charge is 0.165 e. The van der Waals surface area contributed by atoms with Gasteiger partial charge in [0.15, 0.2) is 11.6 Å². The van der Waals surface area contributed by atoms with Gasteiger partial charge in [-0.05, 0) is 18.2 Å². The number of hydrogen-bond donors (Lipinski definition) is 2. The van der Waals surface area contributed by atoms with Crippen molar-refractivity contribution in [1.82, 2.24) is 5.32 Å². The van der Waals surface area contributed by atoms with Gasteiger partial charge >= 0.3 is 0 Å². The third-order valence-corrected chi connectivity index (χ3v) is 2.51.